The van der Waals surface area contributed by atoms with Crippen molar-refractivity contribution in [2.75, 3.05) is 23.8 Å². The zero-order valence-electron chi connectivity index (χ0n) is 11.4. The van der Waals surface area contributed by atoms with Crippen LogP contribution in [-0.2, 0) is 0 Å². The first kappa shape index (κ1) is 13.0. The normalized spacial score (nSPS) is 13.5. The van der Waals surface area contributed by atoms with Gasteiger partial charge in [0.05, 0.1) is 22.5 Å². The van der Waals surface area contributed by atoms with Gasteiger partial charge in [-0.3, -0.25) is 14.5 Å². The highest BCUT2D eigenvalue weighted by Gasteiger charge is 2.32. The van der Waals surface area contributed by atoms with Crippen LogP contribution in [0.3, 0.4) is 0 Å². The standard InChI is InChI=1S/C15H14N4O2/c1-19-14(20)10-4-2-8(6-11(10)15(19)21)18-9-3-5-12(16)13(17)7-9/h2-7,18H,16-17H2,1H3. The number of fused-ring (bicyclic) bond motifs is 1. The van der Waals surface area contributed by atoms with Gasteiger partial charge in [0.2, 0.25) is 0 Å². The number of amides is 2. The Morgan fingerprint density at radius 2 is 1.48 bits per heavy atom. The maximum atomic E-state index is 12.0. The quantitative estimate of drug-likeness (QED) is 0.576. The maximum Gasteiger partial charge on any atom is 0.261 e. The van der Waals surface area contributed by atoms with Crippen LogP contribution in [0.4, 0.5) is 22.7 Å². The minimum absolute atomic E-state index is 0.279. The van der Waals surface area contributed by atoms with Crippen molar-refractivity contribution in [3.63, 3.8) is 0 Å². The first-order chi connectivity index (χ1) is 9.97. The van der Waals surface area contributed by atoms with Gasteiger partial charge in [0.15, 0.2) is 0 Å². The number of nitrogens with one attached hydrogen (secondary N) is 1. The van der Waals surface area contributed by atoms with Crippen molar-refractivity contribution in [2.45, 2.75) is 0 Å². The highest BCUT2D eigenvalue weighted by molar-refractivity contribution is 6.21. The molecule has 0 unspecified atom stereocenters. The number of imide groups is 1. The fraction of sp³-hybridized carbons (Fsp3) is 0.0667. The van der Waals surface area contributed by atoms with Gasteiger partial charge in [-0.1, -0.05) is 0 Å². The fourth-order valence-electron chi connectivity index (χ4n) is 2.26. The van der Waals surface area contributed by atoms with Gasteiger partial charge in [0.1, 0.15) is 0 Å². The molecule has 0 spiro atoms. The minimum atomic E-state index is -0.296. The Morgan fingerprint density at radius 1 is 0.857 bits per heavy atom. The second-order valence-electron chi connectivity index (χ2n) is 4.90. The summed E-state index contributed by atoms with van der Waals surface area (Å²) in [6, 6.07) is 10.2. The van der Waals surface area contributed by atoms with E-state index >= 15 is 0 Å². The molecule has 1 aliphatic rings. The first-order valence-corrected chi connectivity index (χ1v) is 6.36. The van der Waals surface area contributed by atoms with Gasteiger partial charge < -0.3 is 16.8 Å². The average molecular weight is 282 g/mol. The molecule has 2 amide bonds. The fourth-order valence-corrected chi connectivity index (χ4v) is 2.26. The van der Waals surface area contributed by atoms with Crippen LogP contribution in [-0.4, -0.2) is 23.8 Å². The molecule has 2 aromatic rings. The number of hydrogen-bond acceptors (Lipinski definition) is 5. The summed E-state index contributed by atoms with van der Waals surface area (Å²) in [4.78, 5) is 24.9. The Morgan fingerprint density at radius 3 is 2.19 bits per heavy atom. The maximum absolute atomic E-state index is 12.0. The van der Waals surface area contributed by atoms with Gasteiger partial charge in [0.25, 0.3) is 11.8 Å². The molecule has 2 aromatic carbocycles. The van der Waals surface area contributed by atoms with Crippen LogP contribution in [0.15, 0.2) is 36.4 Å². The van der Waals surface area contributed by atoms with Gasteiger partial charge in [0, 0.05) is 18.4 Å². The van der Waals surface area contributed by atoms with Crippen molar-refractivity contribution in [1.29, 1.82) is 0 Å². The lowest BCUT2D eigenvalue weighted by Crippen LogP contribution is -2.24. The highest BCUT2D eigenvalue weighted by atomic mass is 16.2. The predicted octanol–water partition coefficient (Wildman–Crippen LogP) is 1.82. The Hall–Kier alpha value is -3.02. The van der Waals surface area contributed by atoms with E-state index in [2.05, 4.69) is 5.32 Å². The molecular formula is C15H14N4O2. The average Bonchev–Trinajstić information content (AvgIpc) is 2.68. The molecule has 0 radical (unpaired) electrons. The van der Waals surface area contributed by atoms with Crippen LogP contribution in [0.1, 0.15) is 20.7 Å². The molecule has 0 saturated carbocycles. The molecule has 0 aliphatic carbocycles. The van der Waals surface area contributed by atoms with Crippen LogP contribution < -0.4 is 16.8 Å². The Bertz CT molecular complexity index is 770. The van der Waals surface area contributed by atoms with Gasteiger partial charge in [-0.05, 0) is 36.4 Å². The molecule has 0 aromatic heterocycles. The van der Waals surface area contributed by atoms with Crippen molar-refractivity contribution in [1.82, 2.24) is 4.90 Å². The smallest absolute Gasteiger partial charge is 0.261 e. The highest BCUT2D eigenvalue weighted by Crippen LogP contribution is 2.28. The predicted molar refractivity (Wildman–Crippen MR) is 81.4 cm³/mol. The summed E-state index contributed by atoms with van der Waals surface area (Å²) in [6.07, 6.45) is 0. The lowest BCUT2D eigenvalue weighted by Gasteiger charge is -2.09. The second-order valence-corrected chi connectivity index (χ2v) is 4.90. The number of nitrogen functional groups attached to an aromatic ring is 2. The van der Waals surface area contributed by atoms with Gasteiger partial charge in [-0.2, -0.15) is 0 Å². The van der Waals surface area contributed by atoms with Gasteiger partial charge in [-0.15, -0.1) is 0 Å². The van der Waals surface area contributed by atoms with Crippen LogP contribution in [0, 0.1) is 0 Å². The Labute approximate surface area is 121 Å². The molecule has 6 heteroatoms. The van der Waals surface area contributed by atoms with E-state index in [0.29, 0.717) is 28.2 Å². The van der Waals surface area contributed by atoms with Crippen molar-refractivity contribution in [2.24, 2.45) is 0 Å². The molecule has 0 atom stereocenters. The van der Waals surface area contributed by atoms with Crippen molar-refractivity contribution < 1.29 is 9.59 Å². The molecule has 1 aliphatic heterocycles. The SMILES string of the molecule is CN1C(=O)c2ccc(Nc3ccc(N)c(N)c3)cc2C1=O. The van der Waals surface area contributed by atoms with E-state index in [1.807, 2.05) is 0 Å². The molecule has 3 rings (SSSR count). The monoisotopic (exact) mass is 282 g/mol. The second kappa shape index (κ2) is 4.52. The molecule has 6 nitrogen and oxygen atoms in total. The number of nitrogens with two attached hydrogens (primary N) is 2. The first-order valence-electron chi connectivity index (χ1n) is 6.36. The summed E-state index contributed by atoms with van der Waals surface area (Å²) in [5.74, 6) is -0.575. The number of carbonyl (C=O) groups is 2. The number of nitrogens with zero attached hydrogens (tertiary/aromatic N) is 1. The number of hydrogen-bond donors (Lipinski definition) is 3. The summed E-state index contributed by atoms with van der Waals surface area (Å²) >= 11 is 0. The minimum Gasteiger partial charge on any atom is -0.397 e. The molecule has 5 N–H and O–H groups in total. The van der Waals surface area contributed by atoms with E-state index in [-0.39, 0.29) is 11.8 Å². The lowest BCUT2D eigenvalue weighted by molar-refractivity contribution is 0.0693. The van der Waals surface area contributed by atoms with Gasteiger partial charge >= 0.3 is 0 Å². The molecule has 106 valence electrons. The lowest BCUT2D eigenvalue weighted by atomic mass is 10.1. The Balaban J connectivity index is 1.93. The molecule has 1 heterocycles. The van der Waals surface area contributed by atoms with E-state index in [0.717, 1.165) is 10.6 Å². The zero-order valence-corrected chi connectivity index (χ0v) is 11.4. The number of carbonyl (C=O) groups excluding carboxylic acids is 2. The van der Waals surface area contributed by atoms with Crippen LogP contribution in [0.5, 0.6) is 0 Å². The summed E-state index contributed by atoms with van der Waals surface area (Å²) < 4.78 is 0. The molecule has 0 fully saturated rings. The zero-order chi connectivity index (χ0) is 15.1. The van der Waals surface area contributed by atoms with Gasteiger partial charge in [-0.25, -0.2) is 0 Å². The van der Waals surface area contributed by atoms with Crippen LogP contribution in [0.25, 0.3) is 0 Å². The van der Waals surface area contributed by atoms with Crippen LogP contribution in [0.2, 0.25) is 0 Å². The van der Waals surface area contributed by atoms with Crippen molar-refractivity contribution in [3.8, 4) is 0 Å². The number of anilines is 4. The van der Waals surface area contributed by atoms with E-state index in [9.17, 15) is 9.59 Å². The topological polar surface area (TPSA) is 101 Å². The molecule has 0 saturated heterocycles. The van der Waals surface area contributed by atoms with E-state index < -0.39 is 0 Å². The third-order valence-corrected chi connectivity index (χ3v) is 3.47. The van der Waals surface area contributed by atoms with E-state index in [4.69, 9.17) is 11.5 Å². The summed E-state index contributed by atoms with van der Waals surface area (Å²) in [5, 5.41) is 3.13. The van der Waals surface area contributed by atoms with E-state index in [1.54, 1.807) is 36.4 Å². The third kappa shape index (κ3) is 2.06. The van der Waals surface area contributed by atoms with Crippen LogP contribution >= 0.6 is 0 Å². The number of rotatable bonds is 2. The van der Waals surface area contributed by atoms with Crippen molar-refractivity contribution >= 4 is 34.6 Å². The summed E-state index contributed by atoms with van der Waals surface area (Å²) in [7, 11) is 1.47. The molecule has 21 heavy (non-hydrogen) atoms. The molecular weight excluding hydrogens is 268 g/mol. The summed E-state index contributed by atoms with van der Waals surface area (Å²) in [5.41, 5.74) is 14.7. The molecule has 0 bridgehead atoms. The largest absolute Gasteiger partial charge is 0.397 e. The Kier molecular flexibility index (Phi) is 2.79. The third-order valence-electron chi connectivity index (χ3n) is 3.47. The summed E-state index contributed by atoms with van der Waals surface area (Å²) in [6.45, 7) is 0. The van der Waals surface area contributed by atoms with E-state index in [1.165, 1.54) is 7.05 Å². The number of benzene rings is 2. The van der Waals surface area contributed by atoms with Crippen molar-refractivity contribution in [3.05, 3.63) is 47.5 Å².